The van der Waals surface area contributed by atoms with E-state index in [1.165, 1.54) is 38.5 Å². The molecule has 1 aliphatic rings. The molecule has 1 aromatic rings. The van der Waals surface area contributed by atoms with Gasteiger partial charge in [-0.1, -0.05) is 25.7 Å². The molecular weight excluding hydrogens is 216 g/mol. The molecule has 0 radical (unpaired) electrons. The minimum absolute atomic E-state index is 0.101. The first kappa shape index (κ1) is 11.9. The molecule has 1 aliphatic carbocycles. The van der Waals surface area contributed by atoms with Crippen LogP contribution in [0.5, 0.6) is 0 Å². The fraction of sp³-hybridized carbons (Fsp3) is 0.538. The van der Waals surface area contributed by atoms with E-state index in [4.69, 9.17) is 5.11 Å². The molecule has 0 amide bonds. The number of carboxylic acid groups (broad SMARTS) is 1. The molecule has 0 atom stereocenters. The van der Waals surface area contributed by atoms with Gasteiger partial charge in [0.15, 0.2) is 0 Å². The molecule has 1 saturated carbocycles. The zero-order chi connectivity index (χ0) is 12.1. The first-order valence-corrected chi connectivity index (χ1v) is 6.21. The monoisotopic (exact) mass is 234 g/mol. The van der Waals surface area contributed by atoms with E-state index >= 15 is 0 Å². The van der Waals surface area contributed by atoms with Crippen molar-refractivity contribution in [2.75, 3.05) is 5.32 Å². The topological polar surface area (TPSA) is 62.2 Å². The zero-order valence-corrected chi connectivity index (χ0v) is 9.85. The Morgan fingerprint density at radius 2 is 2.00 bits per heavy atom. The largest absolute Gasteiger partial charge is 0.477 e. The van der Waals surface area contributed by atoms with Crippen LogP contribution in [0, 0.1) is 0 Å². The molecule has 0 unspecified atom stereocenters. The predicted octanol–water partition coefficient (Wildman–Crippen LogP) is 2.91. The van der Waals surface area contributed by atoms with Crippen LogP contribution >= 0.6 is 0 Å². The fourth-order valence-electron chi connectivity index (χ4n) is 2.30. The smallest absolute Gasteiger partial charge is 0.354 e. The summed E-state index contributed by atoms with van der Waals surface area (Å²) >= 11 is 0. The third kappa shape index (κ3) is 3.44. The fourth-order valence-corrected chi connectivity index (χ4v) is 2.30. The number of anilines is 1. The van der Waals surface area contributed by atoms with Crippen molar-refractivity contribution in [1.29, 1.82) is 0 Å². The van der Waals surface area contributed by atoms with Gasteiger partial charge in [-0.15, -0.1) is 0 Å². The summed E-state index contributed by atoms with van der Waals surface area (Å²) in [6, 6.07) is 3.91. The predicted molar refractivity (Wildman–Crippen MR) is 66.3 cm³/mol. The van der Waals surface area contributed by atoms with E-state index < -0.39 is 5.97 Å². The maximum atomic E-state index is 10.8. The maximum Gasteiger partial charge on any atom is 0.354 e. The van der Waals surface area contributed by atoms with E-state index in [0.29, 0.717) is 6.04 Å². The molecule has 1 fully saturated rings. The third-order valence-corrected chi connectivity index (χ3v) is 3.21. The second kappa shape index (κ2) is 5.66. The number of carboxylic acids is 1. The number of pyridine rings is 1. The SMILES string of the molecule is O=C(O)c1cc(NC2CCCCCC2)ccn1. The lowest BCUT2D eigenvalue weighted by Gasteiger charge is -2.17. The van der Waals surface area contributed by atoms with Gasteiger partial charge in [-0.25, -0.2) is 9.78 Å². The highest BCUT2D eigenvalue weighted by atomic mass is 16.4. The highest BCUT2D eigenvalue weighted by Crippen LogP contribution is 2.21. The normalized spacial score (nSPS) is 17.4. The lowest BCUT2D eigenvalue weighted by atomic mass is 10.1. The molecule has 17 heavy (non-hydrogen) atoms. The second-order valence-corrected chi connectivity index (χ2v) is 4.57. The summed E-state index contributed by atoms with van der Waals surface area (Å²) in [5, 5.41) is 12.3. The number of aromatic carboxylic acids is 1. The average Bonchev–Trinajstić information content (AvgIpc) is 2.58. The number of nitrogens with zero attached hydrogens (tertiary/aromatic N) is 1. The van der Waals surface area contributed by atoms with Crippen LogP contribution in [-0.2, 0) is 0 Å². The van der Waals surface area contributed by atoms with Crippen molar-refractivity contribution >= 4 is 11.7 Å². The van der Waals surface area contributed by atoms with Crippen LogP contribution < -0.4 is 5.32 Å². The van der Waals surface area contributed by atoms with Crippen molar-refractivity contribution in [3.05, 3.63) is 24.0 Å². The van der Waals surface area contributed by atoms with Gasteiger partial charge in [0.25, 0.3) is 0 Å². The van der Waals surface area contributed by atoms with E-state index in [1.807, 2.05) is 6.07 Å². The molecule has 1 aromatic heterocycles. The molecule has 2 rings (SSSR count). The number of rotatable bonds is 3. The Morgan fingerprint density at radius 1 is 1.29 bits per heavy atom. The number of aromatic nitrogens is 1. The quantitative estimate of drug-likeness (QED) is 0.789. The molecule has 0 spiro atoms. The van der Waals surface area contributed by atoms with E-state index in [9.17, 15) is 4.79 Å². The first-order valence-electron chi connectivity index (χ1n) is 6.21. The lowest BCUT2D eigenvalue weighted by molar-refractivity contribution is 0.0690. The molecule has 1 heterocycles. The molecule has 4 heteroatoms. The van der Waals surface area contributed by atoms with Crippen LogP contribution in [0.15, 0.2) is 18.3 Å². The third-order valence-electron chi connectivity index (χ3n) is 3.21. The molecule has 0 aliphatic heterocycles. The second-order valence-electron chi connectivity index (χ2n) is 4.57. The van der Waals surface area contributed by atoms with Gasteiger partial charge >= 0.3 is 5.97 Å². The summed E-state index contributed by atoms with van der Waals surface area (Å²) in [5.41, 5.74) is 0.966. The Balaban J connectivity index is 2.01. The van der Waals surface area contributed by atoms with Gasteiger partial charge in [0.2, 0.25) is 0 Å². The summed E-state index contributed by atoms with van der Waals surface area (Å²) in [7, 11) is 0. The van der Waals surface area contributed by atoms with Crippen molar-refractivity contribution < 1.29 is 9.90 Å². The van der Waals surface area contributed by atoms with E-state index in [0.717, 1.165) is 5.69 Å². The molecule has 0 saturated heterocycles. The molecule has 0 bridgehead atoms. The van der Waals surface area contributed by atoms with Gasteiger partial charge in [-0.2, -0.15) is 0 Å². The van der Waals surface area contributed by atoms with Crippen molar-refractivity contribution in [2.24, 2.45) is 0 Å². The van der Waals surface area contributed by atoms with Crippen molar-refractivity contribution in [1.82, 2.24) is 4.98 Å². The Labute approximate surface area is 101 Å². The summed E-state index contributed by atoms with van der Waals surface area (Å²) in [4.78, 5) is 14.6. The van der Waals surface area contributed by atoms with Crippen LogP contribution in [0.2, 0.25) is 0 Å². The van der Waals surface area contributed by atoms with Gasteiger partial charge in [-0.05, 0) is 25.0 Å². The van der Waals surface area contributed by atoms with E-state index in [1.54, 1.807) is 12.3 Å². The molecule has 92 valence electrons. The Kier molecular flexibility index (Phi) is 3.96. The van der Waals surface area contributed by atoms with Crippen LogP contribution in [0.3, 0.4) is 0 Å². The Morgan fingerprint density at radius 3 is 2.65 bits per heavy atom. The first-order chi connectivity index (χ1) is 8.25. The molecule has 2 N–H and O–H groups in total. The summed E-state index contributed by atoms with van der Waals surface area (Å²) in [6.07, 6.45) is 9.03. The highest BCUT2D eigenvalue weighted by Gasteiger charge is 2.12. The minimum Gasteiger partial charge on any atom is -0.477 e. The van der Waals surface area contributed by atoms with Crippen molar-refractivity contribution in [3.8, 4) is 0 Å². The highest BCUT2D eigenvalue weighted by molar-refractivity contribution is 5.86. The average molecular weight is 234 g/mol. The molecular formula is C13H18N2O2. The minimum atomic E-state index is -0.977. The van der Waals surface area contributed by atoms with Crippen LogP contribution in [0.25, 0.3) is 0 Å². The van der Waals surface area contributed by atoms with Crippen LogP contribution in [-0.4, -0.2) is 22.1 Å². The number of nitrogens with one attached hydrogen (secondary N) is 1. The summed E-state index contributed by atoms with van der Waals surface area (Å²) < 4.78 is 0. The van der Waals surface area contributed by atoms with Crippen LogP contribution in [0.1, 0.15) is 49.0 Å². The van der Waals surface area contributed by atoms with Gasteiger partial charge in [0, 0.05) is 17.9 Å². The Bertz CT molecular complexity index is 385. The maximum absolute atomic E-state index is 10.8. The molecule has 0 aromatic carbocycles. The van der Waals surface area contributed by atoms with Gasteiger partial charge in [-0.3, -0.25) is 0 Å². The lowest BCUT2D eigenvalue weighted by Crippen LogP contribution is -2.18. The number of hydrogen-bond donors (Lipinski definition) is 2. The van der Waals surface area contributed by atoms with Gasteiger partial charge in [0.05, 0.1) is 0 Å². The summed E-state index contributed by atoms with van der Waals surface area (Å²) in [6.45, 7) is 0. The molecule has 4 nitrogen and oxygen atoms in total. The summed E-state index contributed by atoms with van der Waals surface area (Å²) in [5.74, 6) is -0.977. The zero-order valence-electron chi connectivity index (χ0n) is 9.85. The number of carbonyl (C=O) groups is 1. The Hall–Kier alpha value is -1.58. The van der Waals surface area contributed by atoms with Crippen molar-refractivity contribution in [2.45, 2.75) is 44.6 Å². The van der Waals surface area contributed by atoms with Crippen LogP contribution in [0.4, 0.5) is 5.69 Å². The van der Waals surface area contributed by atoms with Crippen molar-refractivity contribution in [3.63, 3.8) is 0 Å². The van der Waals surface area contributed by atoms with Gasteiger partial charge < -0.3 is 10.4 Å². The van der Waals surface area contributed by atoms with E-state index in [-0.39, 0.29) is 5.69 Å². The number of hydrogen-bond acceptors (Lipinski definition) is 3. The van der Waals surface area contributed by atoms with Gasteiger partial charge in [0.1, 0.15) is 5.69 Å². The van der Waals surface area contributed by atoms with E-state index in [2.05, 4.69) is 10.3 Å². The standard InChI is InChI=1S/C13H18N2O2/c16-13(17)12-9-11(7-8-14-12)15-10-5-3-1-2-4-6-10/h7-10H,1-6H2,(H,14,15)(H,16,17).